The Morgan fingerprint density at radius 3 is 2.11 bits per heavy atom. The highest BCUT2D eigenvalue weighted by atomic mass is 16.5. The summed E-state index contributed by atoms with van der Waals surface area (Å²) in [4.78, 5) is 11.8. The van der Waals surface area contributed by atoms with Gasteiger partial charge in [-0.2, -0.15) is 0 Å². The second kappa shape index (κ2) is 6.20. The van der Waals surface area contributed by atoms with Gasteiger partial charge >= 0.3 is 5.97 Å². The lowest BCUT2D eigenvalue weighted by Crippen LogP contribution is -2.41. The highest BCUT2D eigenvalue weighted by molar-refractivity contribution is 5.80. The van der Waals surface area contributed by atoms with Gasteiger partial charge in [-0.25, -0.2) is 4.79 Å². The zero-order valence-electron chi connectivity index (χ0n) is 12.4. The van der Waals surface area contributed by atoms with Gasteiger partial charge in [0.1, 0.15) is 0 Å². The molecule has 0 aliphatic heterocycles. The third kappa shape index (κ3) is 3.57. The van der Waals surface area contributed by atoms with Crippen LogP contribution in [-0.2, 0) is 9.53 Å². The molecule has 19 heavy (non-hydrogen) atoms. The minimum atomic E-state index is -1.50. The first-order valence-electron chi connectivity index (χ1n) is 6.80. The van der Waals surface area contributed by atoms with Crippen molar-refractivity contribution >= 4 is 5.97 Å². The van der Waals surface area contributed by atoms with Gasteiger partial charge in [-0.05, 0) is 30.9 Å². The van der Waals surface area contributed by atoms with E-state index in [1.165, 1.54) is 12.5 Å². The first-order chi connectivity index (χ1) is 8.80. The molecule has 3 heteroatoms. The summed E-state index contributed by atoms with van der Waals surface area (Å²) in [7, 11) is 0. The number of hydrogen-bond donors (Lipinski definition) is 1. The summed E-state index contributed by atoms with van der Waals surface area (Å²) in [6.45, 7) is 9.61. The van der Waals surface area contributed by atoms with Crippen molar-refractivity contribution in [3.63, 3.8) is 0 Å². The first kappa shape index (κ1) is 15.7. The van der Waals surface area contributed by atoms with E-state index in [1.807, 2.05) is 31.2 Å². The van der Waals surface area contributed by atoms with Crippen LogP contribution in [-0.4, -0.2) is 23.3 Å². The predicted octanol–water partition coefficient (Wildman–Crippen LogP) is 3.23. The van der Waals surface area contributed by atoms with Crippen LogP contribution in [0.2, 0.25) is 0 Å². The molecule has 0 aromatic heterocycles. The summed E-state index contributed by atoms with van der Waals surface area (Å²) < 4.78 is 4.92. The molecule has 2 unspecified atom stereocenters. The van der Waals surface area contributed by atoms with Crippen LogP contribution >= 0.6 is 0 Å². The molecule has 0 fully saturated rings. The van der Waals surface area contributed by atoms with Gasteiger partial charge in [-0.15, -0.1) is 0 Å². The molecule has 1 aromatic carbocycles. The van der Waals surface area contributed by atoms with Crippen molar-refractivity contribution in [3.8, 4) is 0 Å². The molecule has 0 bridgehead atoms. The van der Waals surface area contributed by atoms with Crippen molar-refractivity contribution in [3.05, 3.63) is 35.4 Å². The number of ether oxygens (including phenoxy) is 1. The van der Waals surface area contributed by atoms with E-state index in [1.54, 1.807) is 6.92 Å². The fourth-order valence-electron chi connectivity index (χ4n) is 1.95. The van der Waals surface area contributed by atoms with Crippen molar-refractivity contribution in [2.75, 3.05) is 6.61 Å². The number of aliphatic hydroxyl groups is 1. The van der Waals surface area contributed by atoms with Gasteiger partial charge in [0.05, 0.1) is 6.61 Å². The van der Waals surface area contributed by atoms with Gasteiger partial charge < -0.3 is 9.84 Å². The topological polar surface area (TPSA) is 46.5 Å². The summed E-state index contributed by atoms with van der Waals surface area (Å²) >= 11 is 0. The molecule has 106 valence electrons. The number of carbonyl (C=O) groups is 1. The van der Waals surface area contributed by atoms with Gasteiger partial charge in [-0.3, -0.25) is 0 Å². The molecule has 1 aromatic rings. The van der Waals surface area contributed by atoms with E-state index in [4.69, 9.17) is 4.74 Å². The van der Waals surface area contributed by atoms with E-state index in [0.717, 1.165) is 5.56 Å². The highest BCUT2D eigenvalue weighted by Crippen LogP contribution is 2.30. The Bertz CT molecular complexity index is 418. The Hall–Kier alpha value is -1.35. The van der Waals surface area contributed by atoms with Crippen LogP contribution in [0.15, 0.2) is 24.3 Å². The average Bonchev–Trinajstić information content (AvgIpc) is 2.38. The van der Waals surface area contributed by atoms with Crippen LogP contribution in [0.4, 0.5) is 0 Å². The largest absolute Gasteiger partial charge is 0.464 e. The smallest absolute Gasteiger partial charge is 0.338 e. The van der Waals surface area contributed by atoms with Gasteiger partial charge in [0.25, 0.3) is 0 Å². The monoisotopic (exact) mass is 264 g/mol. The van der Waals surface area contributed by atoms with Gasteiger partial charge in [0.2, 0.25) is 0 Å². The van der Waals surface area contributed by atoms with E-state index >= 15 is 0 Å². The normalized spacial score (nSPS) is 15.9. The minimum Gasteiger partial charge on any atom is -0.464 e. The molecule has 0 saturated heterocycles. The molecule has 0 spiro atoms. The lowest BCUT2D eigenvalue weighted by Gasteiger charge is -2.28. The standard InChI is InChI=1S/C16H24O3/c1-6-19-15(17)16(5,18)12(4)14-9-7-13(8-10-14)11(2)3/h7-12,18H,6H2,1-5H3. The van der Waals surface area contributed by atoms with Crippen LogP contribution < -0.4 is 0 Å². The minimum absolute atomic E-state index is 0.272. The first-order valence-corrected chi connectivity index (χ1v) is 6.80. The predicted molar refractivity (Wildman–Crippen MR) is 76.2 cm³/mol. The van der Waals surface area contributed by atoms with Crippen LogP contribution in [0.1, 0.15) is 57.6 Å². The van der Waals surface area contributed by atoms with Crippen molar-refractivity contribution in [2.45, 2.75) is 52.1 Å². The summed E-state index contributed by atoms with van der Waals surface area (Å²) in [5, 5.41) is 10.3. The number of esters is 1. The van der Waals surface area contributed by atoms with Crippen LogP contribution in [0.5, 0.6) is 0 Å². The molecule has 1 rings (SSSR count). The summed E-state index contributed by atoms with van der Waals surface area (Å²) in [5.41, 5.74) is 0.671. The maximum atomic E-state index is 11.8. The molecule has 0 radical (unpaired) electrons. The van der Waals surface area contributed by atoms with E-state index in [-0.39, 0.29) is 12.5 Å². The van der Waals surface area contributed by atoms with Crippen molar-refractivity contribution < 1.29 is 14.6 Å². The molecule has 2 atom stereocenters. The van der Waals surface area contributed by atoms with Crippen molar-refractivity contribution in [2.24, 2.45) is 0 Å². The zero-order chi connectivity index (χ0) is 14.6. The third-order valence-electron chi connectivity index (χ3n) is 3.63. The summed E-state index contributed by atoms with van der Waals surface area (Å²) in [6.07, 6.45) is 0. The van der Waals surface area contributed by atoms with Crippen LogP contribution in [0.3, 0.4) is 0 Å². The van der Waals surface area contributed by atoms with E-state index in [2.05, 4.69) is 13.8 Å². The Kier molecular flexibility index (Phi) is 5.12. The van der Waals surface area contributed by atoms with Crippen LogP contribution in [0.25, 0.3) is 0 Å². The molecule has 3 nitrogen and oxygen atoms in total. The van der Waals surface area contributed by atoms with Crippen LogP contribution in [0, 0.1) is 0 Å². The van der Waals surface area contributed by atoms with Crippen molar-refractivity contribution in [1.29, 1.82) is 0 Å². The molecule has 0 amide bonds. The Morgan fingerprint density at radius 1 is 1.21 bits per heavy atom. The molecule has 0 aliphatic carbocycles. The number of rotatable bonds is 5. The van der Waals surface area contributed by atoms with E-state index in [9.17, 15) is 9.90 Å². The molecule has 0 aliphatic rings. The maximum absolute atomic E-state index is 11.8. The fraction of sp³-hybridized carbons (Fsp3) is 0.562. The van der Waals surface area contributed by atoms with E-state index in [0.29, 0.717) is 5.92 Å². The SMILES string of the molecule is CCOC(=O)C(C)(O)C(C)c1ccc(C(C)C)cc1. The number of benzene rings is 1. The molecule has 1 N–H and O–H groups in total. The molecule has 0 heterocycles. The maximum Gasteiger partial charge on any atom is 0.338 e. The average molecular weight is 264 g/mol. The zero-order valence-corrected chi connectivity index (χ0v) is 12.4. The Labute approximate surface area is 115 Å². The Morgan fingerprint density at radius 2 is 1.68 bits per heavy atom. The highest BCUT2D eigenvalue weighted by Gasteiger charge is 2.38. The lowest BCUT2D eigenvalue weighted by atomic mass is 9.84. The third-order valence-corrected chi connectivity index (χ3v) is 3.63. The second-order valence-corrected chi connectivity index (χ2v) is 5.41. The van der Waals surface area contributed by atoms with Gasteiger partial charge in [0, 0.05) is 5.92 Å². The molecular formula is C16H24O3. The lowest BCUT2D eigenvalue weighted by molar-refractivity contribution is -0.165. The second-order valence-electron chi connectivity index (χ2n) is 5.41. The quantitative estimate of drug-likeness (QED) is 0.831. The summed E-state index contributed by atoms with van der Waals surface area (Å²) in [5.74, 6) is -0.418. The van der Waals surface area contributed by atoms with Gasteiger partial charge in [-0.1, -0.05) is 45.0 Å². The molecule has 0 saturated carbocycles. The molecular weight excluding hydrogens is 240 g/mol. The van der Waals surface area contributed by atoms with Crippen molar-refractivity contribution in [1.82, 2.24) is 0 Å². The summed E-state index contributed by atoms with van der Waals surface area (Å²) in [6, 6.07) is 8.01. The number of carbonyl (C=O) groups excluding carboxylic acids is 1. The van der Waals surface area contributed by atoms with Gasteiger partial charge in [0.15, 0.2) is 5.60 Å². The fourth-order valence-corrected chi connectivity index (χ4v) is 1.95. The number of hydrogen-bond acceptors (Lipinski definition) is 3. The van der Waals surface area contributed by atoms with E-state index < -0.39 is 11.6 Å². The Balaban J connectivity index is 2.92.